The van der Waals surface area contributed by atoms with Gasteiger partial charge in [-0.25, -0.2) is 0 Å². The number of allylic oxidation sites excluding steroid dienone is 2. The molecule has 0 aromatic carbocycles. The highest BCUT2D eigenvalue weighted by atomic mass is 16.3. The van der Waals surface area contributed by atoms with E-state index in [4.69, 9.17) is 0 Å². The minimum atomic E-state index is -0.325. The smallest absolute Gasteiger partial charge is 0.0757 e. The van der Waals surface area contributed by atoms with Crippen molar-refractivity contribution in [1.29, 1.82) is 0 Å². The van der Waals surface area contributed by atoms with Crippen LogP contribution >= 0.6 is 0 Å². The van der Waals surface area contributed by atoms with Gasteiger partial charge in [0.15, 0.2) is 0 Å². The fourth-order valence-electron chi connectivity index (χ4n) is 9.19. The van der Waals surface area contributed by atoms with Gasteiger partial charge in [-0.15, -0.1) is 0 Å². The normalized spacial score (nSPS) is 45.2. The predicted molar refractivity (Wildman–Crippen MR) is 134 cm³/mol. The Balaban J connectivity index is 1.56. The summed E-state index contributed by atoms with van der Waals surface area (Å²) in [5.41, 5.74) is 1.89. The molecule has 0 bridgehead atoms. The summed E-state index contributed by atoms with van der Waals surface area (Å²) in [5, 5.41) is 21.6. The number of hydrogen-bond donors (Lipinski definition) is 2. The van der Waals surface area contributed by atoms with Crippen LogP contribution in [0, 0.1) is 58.2 Å². The minimum Gasteiger partial charge on any atom is -0.393 e. The molecule has 0 heterocycles. The van der Waals surface area contributed by atoms with Gasteiger partial charge < -0.3 is 10.2 Å². The highest BCUT2D eigenvalue weighted by Gasteiger charge is 2.61. The van der Waals surface area contributed by atoms with Crippen LogP contribution in [0.5, 0.6) is 0 Å². The van der Waals surface area contributed by atoms with Gasteiger partial charge in [0.2, 0.25) is 0 Å². The first-order chi connectivity index (χ1) is 15.0. The van der Waals surface area contributed by atoms with E-state index in [0.717, 1.165) is 25.2 Å². The van der Waals surface area contributed by atoms with Crippen molar-refractivity contribution >= 4 is 0 Å². The first kappa shape index (κ1) is 24.5. The number of hydrogen-bond acceptors (Lipinski definition) is 2. The summed E-state index contributed by atoms with van der Waals surface area (Å²) in [6.45, 7) is 16.9. The van der Waals surface area contributed by atoms with Crippen LogP contribution in [0.15, 0.2) is 23.8 Å². The SMILES string of the molecule is CC(C)C(/C=C\C(C)C1CCC2C3C(CC[C@]12C)[C@@]1(C)CC[C@H](O)CC1=C[C@@H]3O)C(C)C. The van der Waals surface area contributed by atoms with Crippen LogP contribution in [-0.4, -0.2) is 22.4 Å². The Morgan fingerprint density at radius 2 is 1.56 bits per heavy atom. The molecular formula is C30H50O2. The molecule has 2 heteroatoms. The van der Waals surface area contributed by atoms with Crippen LogP contribution in [0.1, 0.15) is 93.4 Å². The summed E-state index contributed by atoms with van der Waals surface area (Å²) < 4.78 is 0. The molecule has 4 aliphatic carbocycles. The molecule has 0 radical (unpaired) electrons. The van der Waals surface area contributed by atoms with Gasteiger partial charge in [0.1, 0.15) is 0 Å². The molecule has 5 unspecified atom stereocenters. The van der Waals surface area contributed by atoms with E-state index in [1.807, 2.05) is 0 Å². The van der Waals surface area contributed by atoms with Crippen LogP contribution in [0.25, 0.3) is 0 Å². The predicted octanol–water partition coefficient (Wildman–Crippen LogP) is 7.02. The van der Waals surface area contributed by atoms with Gasteiger partial charge in [-0.1, -0.05) is 72.3 Å². The van der Waals surface area contributed by atoms with Gasteiger partial charge in [0.25, 0.3) is 0 Å². The first-order valence-electron chi connectivity index (χ1n) is 13.7. The highest BCUT2D eigenvalue weighted by Crippen LogP contribution is 2.67. The Bertz CT molecular complexity index is 727. The fraction of sp³-hybridized carbons (Fsp3) is 0.867. The lowest BCUT2D eigenvalue weighted by atomic mass is 9.46. The molecule has 3 fully saturated rings. The average Bonchev–Trinajstić information content (AvgIpc) is 3.06. The first-order valence-corrected chi connectivity index (χ1v) is 13.7. The van der Waals surface area contributed by atoms with Gasteiger partial charge in [0, 0.05) is 0 Å². The zero-order chi connectivity index (χ0) is 23.4. The molecule has 182 valence electrons. The lowest BCUT2D eigenvalue weighted by molar-refractivity contribution is -0.0950. The summed E-state index contributed by atoms with van der Waals surface area (Å²) in [7, 11) is 0. The standard InChI is InChI=1S/C30H50O2/c1-18(2)23(19(3)4)9-8-20(5)24-10-11-25-28-26(13-15-30(24,25)7)29(6)14-12-22(31)16-21(29)17-27(28)32/h8-9,17-20,22-28,31-32H,10-16H2,1-7H3/b9-8-/t20?,22-,24?,25?,26?,27-,28?,29-,30+/m0/s1. The van der Waals surface area contributed by atoms with Crippen molar-refractivity contribution in [3.63, 3.8) is 0 Å². The van der Waals surface area contributed by atoms with E-state index in [1.165, 1.54) is 31.3 Å². The third-order valence-corrected chi connectivity index (χ3v) is 11.0. The Hall–Kier alpha value is -0.600. The maximum atomic E-state index is 11.4. The molecule has 0 amide bonds. The fourth-order valence-corrected chi connectivity index (χ4v) is 9.19. The maximum absolute atomic E-state index is 11.4. The van der Waals surface area contributed by atoms with Gasteiger partial charge in [0.05, 0.1) is 12.2 Å². The molecule has 0 saturated heterocycles. The molecule has 2 N–H and O–H groups in total. The lowest BCUT2D eigenvalue weighted by Gasteiger charge is -2.59. The van der Waals surface area contributed by atoms with Crippen LogP contribution in [0.2, 0.25) is 0 Å². The number of rotatable bonds is 5. The molecule has 0 aliphatic heterocycles. The molecule has 4 aliphatic rings. The highest BCUT2D eigenvalue weighted by molar-refractivity contribution is 5.28. The van der Waals surface area contributed by atoms with E-state index in [-0.39, 0.29) is 17.6 Å². The molecule has 32 heavy (non-hydrogen) atoms. The second-order valence-corrected chi connectivity index (χ2v) is 13.3. The number of aliphatic hydroxyl groups excluding tert-OH is 2. The van der Waals surface area contributed by atoms with Gasteiger partial charge in [-0.05, 0) is 103 Å². The minimum absolute atomic E-state index is 0.190. The van der Waals surface area contributed by atoms with Crippen LogP contribution in [0.4, 0.5) is 0 Å². The van der Waals surface area contributed by atoms with E-state index in [1.54, 1.807) is 0 Å². The zero-order valence-corrected chi connectivity index (χ0v) is 21.8. The van der Waals surface area contributed by atoms with E-state index in [2.05, 4.69) is 66.7 Å². The quantitative estimate of drug-likeness (QED) is 0.449. The third kappa shape index (κ3) is 3.96. The van der Waals surface area contributed by atoms with Crippen molar-refractivity contribution in [3.05, 3.63) is 23.8 Å². The van der Waals surface area contributed by atoms with E-state index in [0.29, 0.717) is 46.8 Å². The molecule has 0 aromatic rings. The number of aliphatic hydroxyl groups is 2. The van der Waals surface area contributed by atoms with Gasteiger partial charge in [-0.3, -0.25) is 0 Å². The lowest BCUT2D eigenvalue weighted by Crippen LogP contribution is -2.54. The van der Waals surface area contributed by atoms with Crippen LogP contribution in [0.3, 0.4) is 0 Å². The van der Waals surface area contributed by atoms with Crippen molar-refractivity contribution in [2.75, 3.05) is 0 Å². The molecule has 9 atom stereocenters. The van der Waals surface area contributed by atoms with E-state index >= 15 is 0 Å². The van der Waals surface area contributed by atoms with Crippen molar-refractivity contribution in [2.24, 2.45) is 58.2 Å². The number of fused-ring (bicyclic) bond motifs is 5. The maximum Gasteiger partial charge on any atom is 0.0757 e. The largest absolute Gasteiger partial charge is 0.393 e. The summed E-state index contributed by atoms with van der Waals surface area (Å²) in [6.07, 6.45) is 14.6. The Morgan fingerprint density at radius 1 is 0.875 bits per heavy atom. The van der Waals surface area contributed by atoms with Crippen molar-refractivity contribution in [3.8, 4) is 0 Å². The van der Waals surface area contributed by atoms with Gasteiger partial charge >= 0.3 is 0 Å². The molecule has 2 nitrogen and oxygen atoms in total. The second-order valence-electron chi connectivity index (χ2n) is 13.3. The molecule has 0 spiro atoms. The Morgan fingerprint density at radius 3 is 2.22 bits per heavy atom. The van der Waals surface area contributed by atoms with Crippen LogP contribution in [-0.2, 0) is 0 Å². The van der Waals surface area contributed by atoms with Crippen molar-refractivity contribution in [2.45, 2.75) is 106 Å². The summed E-state index contributed by atoms with van der Waals surface area (Å²) in [6, 6.07) is 0. The summed E-state index contributed by atoms with van der Waals surface area (Å²) in [4.78, 5) is 0. The molecule has 0 aromatic heterocycles. The molecular weight excluding hydrogens is 392 g/mol. The second kappa shape index (κ2) is 8.88. The van der Waals surface area contributed by atoms with E-state index in [9.17, 15) is 10.2 Å². The van der Waals surface area contributed by atoms with Crippen LogP contribution < -0.4 is 0 Å². The zero-order valence-electron chi connectivity index (χ0n) is 21.8. The van der Waals surface area contributed by atoms with Crippen molar-refractivity contribution < 1.29 is 10.2 Å². The van der Waals surface area contributed by atoms with Gasteiger partial charge in [-0.2, -0.15) is 0 Å². The molecule has 3 saturated carbocycles. The topological polar surface area (TPSA) is 40.5 Å². The Kier molecular flexibility index (Phi) is 6.80. The van der Waals surface area contributed by atoms with Crippen molar-refractivity contribution in [1.82, 2.24) is 0 Å². The van der Waals surface area contributed by atoms with E-state index < -0.39 is 0 Å². The summed E-state index contributed by atoms with van der Waals surface area (Å²) >= 11 is 0. The monoisotopic (exact) mass is 442 g/mol. The Labute approximate surface area is 198 Å². The summed E-state index contributed by atoms with van der Waals surface area (Å²) in [5.74, 6) is 4.98. The average molecular weight is 443 g/mol. The third-order valence-electron chi connectivity index (χ3n) is 11.0. The molecule has 4 rings (SSSR count).